The monoisotopic (exact) mass is 516 g/mol. The number of morpholine rings is 1. The summed E-state index contributed by atoms with van der Waals surface area (Å²) in [5.41, 5.74) is 1.32. The number of guanidine groups is 1. The number of rotatable bonds is 10. The smallest absolute Gasteiger partial charge is 0.193 e. The van der Waals surface area contributed by atoms with Crippen LogP contribution in [-0.4, -0.2) is 82.0 Å². The molecule has 1 heterocycles. The quantitative estimate of drug-likeness (QED) is 0.224. The minimum absolute atomic E-state index is 0. The average Bonchev–Trinajstić information content (AvgIpc) is 3.56. The molecule has 1 saturated carbocycles. The van der Waals surface area contributed by atoms with Crippen molar-refractivity contribution >= 4 is 29.9 Å². The Labute approximate surface area is 193 Å². The first-order valence-corrected chi connectivity index (χ1v) is 10.7. The van der Waals surface area contributed by atoms with Crippen LogP contribution in [0.5, 0.6) is 0 Å². The summed E-state index contributed by atoms with van der Waals surface area (Å²) in [7, 11) is 2.09. The van der Waals surface area contributed by atoms with E-state index in [-0.39, 0.29) is 30.0 Å². The van der Waals surface area contributed by atoms with Crippen molar-refractivity contribution < 1.29 is 9.47 Å². The molecule has 29 heavy (non-hydrogen) atoms. The highest BCUT2D eigenvalue weighted by Gasteiger charge is 2.23. The summed E-state index contributed by atoms with van der Waals surface area (Å²) in [6, 6.07) is 11.0. The van der Waals surface area contributed by atoms with Crippen molar-refractivity contribution in [2.75, 3.05) is 66.2 Å². The molecule has 0 bridgehead atoms. The number of benzene rings is 1. The fraction of sp³-hybridized carbons (Fsp3) is 0.682. The third kappa shape index (κ3) is 8.39. The zero-order valence-electron chi connectivity index (χ0n) is 17.9. The molecule has 1 aliphatic heterocycles. The summed E-state index contributed by atoms with van der Waals surface area (Å²) in [5.74, 6) is 1.76. The number of aliphatic imine (C=N–C) groups is 1. The molecular weight excluding hydrogens is 479 g/mol. The van der Waals surface area contributed by atoms with E-state index in [1.165, 1.54) is 18.4 Å². The van der Waals surface area contributed by atoms with E-state index in [0.29, 0.717) is 0 Å². The highest BCUT2D eigenvalue weighted by atomic mass is 127. The zero-order chi connectivity index (χ0) is 19.6. The van der Waals surface area contributed by atoms with Crippen LogP contribution in [0, 0.1) is 5.92 Å². The van der Waals surface area contributed by atoms with Gasteiger partial charge in [-0.15, -0.1) is 24.0 Å². The Bertz CT molecular complexity index is 592. The van der Waals surface area contributed by atoms with Crippen LogP contribution >= 0.6 is 24.0 Å². The molecule has 1 aromatic rings. The summed E-state index contributed by atoms with van der Waals surface area (Å²) in [5, 5.41) is 3.43. The molecule has 164 valence electrons. The Morgan fingerprint density at radius 2 is 2.00 bits per heavy atom. The molecule has 0 amide bonds. The van der Waals surface area contributed by atoms with Crippen LogP contribution in [0.15, 0.2) is 35.3 Å². The first-order chi connectivity index (χ1) is 13.8. The first kappa shape index (κ1) is 24.4. The summed E-state index contributed by atoms with van der Waals surface area (Å²) in [4.78, 5) is 9.65. The van der Waals surface area contributed by atoms with Gasteiger partial charge in [0.2, 0.25) is 0 Å². The molecule has 3 rings (SSSR count). The van der Waals surface area contributed by atoms with Gasteiger partial charge in [-0.05, 0) is 31.2 Å². The predicted octanol–water partition coefficient (Wildman–Crippen LogP) is 3.00. The average molecular weight is 516 g/mol. The van der Waals surface area contributed by atoms with Crippen LogP contribution in [0.1, 0.15) is 31.4 Å². The largest absolute Gasteiger partial charge is 0.379 e. The molecule has 6 nitrogen and oxygen atoms in total. The van der Waals surface area contributed by atoms with Crippen molar-refractivity contribution in [3.8, 4) is 0 Å². The Morgan fingerprint density at radius 3 is 2.66 bits per heavy atom. The molecule has 2 fully saturated rings. The van der Waals surface area contributed by atoms with Gasteiger partial charge < -0.3 is 19.7 Å². The third-order valence-corrected chi connectivity index (χ3v) is 5.40. The van der Waals surface area contributed by atoms with Crippen LogP contribution in [0.2, 0.25) is 0 Å². The molecular formula is C22H37IN4O2. The van der Waals surface area contributed by atoms with Gasteiger partial charge in [0.25, 0.3) is 0 Å². The number of halogens is 1. The lowest BCUT2D eigenvalue weighted by atomic mass is 10.1. The minimum Gasteiger partial charge on any atom is -0.379 e. The molecule has 1 aliphatic carbocycles. The van der Waals surface area contributed by atoms with Gasteiger partial charge in [-0.2, -0.15) is 0 Å². The van der Waals surface area contributed by atoms with Gasteiger partial charge in [-0.25, -0.2) is 0 Å². The summed E-state index contributed by atoms with van der Waals surface area (Å²) in [6.07, 6.45) is 2.67. The van der Waals surface area contributed by atoms with E-state index in [9.17, 15) is 0 Å². The number of ether oxygens (including phenoxy) is 2. The number of hydrogen-bond donors (Lipinski definition) is 1. The van der Waals surface area contributed by atoms with Crippen molar-refractivity contribution in [2.45, 2.75) is 25.8 Å². The Morgan fingerprint density at radius 1 is 1.28 bits per heavy atom. The third-order valence-electron chi connectivity index (χ3n) is 5.40. The lowest BCUT2D eigenvalue weighted by molar-refractivity contribution is 0.0179. The highest BCUT2D eigenvalue weighted by molar-refractivity contribution is 14.0. The van der Waals surface area contributed by atoms with Crippen LogP contribution in [-0.2, 0) is 9.47 Å². The van der Waals surface area contributed by atoms with E-state index in [1.807, 2.05) is 0 Å². The van der Waals surface area contributed by atoms with Gasteiger partial charge in [0.1, 0.15) is 0 Å². The Balaban J connectivity index is 0.00000300. The van der Waals surface area contributed by atoms with Gasteiger partial charge in [0, 0.05) is 39.8 Å². The standard InChI is InChI=1S/C22H36N4O2.HI/c1-3-23-22(25(2)11-14-28-18-19-9-10-19)24-17-21(20-7-5-4-6-8-20)26-12-15-27-16-13-26;/h4-8,19,21H,3,9-18H2,1-2H3,(H,23,24);1H. The maximum Gasteiger partial charge on any atom is 0.193 e. The van der Waals surface area contributed by atoms with E-state index < -0.39 is 0 Å². The molecule has 7 heteroatoms. The van der Waals surface area contributed by atoms with Crippen molar-refractivity contribution in [3.05, 3.63) is 35.9 Å². The summed E-state index contributed by atoms with van der Waals surface area (Å²) in [6.45, 7) is 9.73. The molecule has 0 radical (unpaired) electrons. The number of likely N-dealkylation sites (N-methyl/N-ethyl adjacent to an activating group) is 1. The molecule has 1 N–H and O–H groups in total. The topological polar surface area (TPSA) is 49.3 Å². The number of hydrogen-bond acceptors (Lipinski definition) is 4. The second-order valence-corrected chi connectivity index (χ2v) is 7.71. The maximum absolute atomic E-state index is 5.80. The Kier molecular flexibility index (Phi) is 11.3. The SMILES string of the molecule is CCNC(=NCC(c1ccccc1)N1CCOCC1)N(C)CCOCC1CC1.I. The van der Waals surface area contributed by atoms with E-state index in [2.05, 4.69) is 59.4 Å². The van der Waals surface area contributed by atoms with Gasteiger partial charge in [0.05, 0.1) is 32.4 Å². The minimum atomic E-state index is 0. The van der Waals surface area contributed by atoms with E-state index in [4.69, 9.17) is 14.5 Å². The molecule has 1 unspecified atom stereocenters. The second kappa shape index (κ2) is 13.4. The molecule has 1 atom stereocenters. The van der Waals surface area contributed by atoms with E-state index in [1.54, 1.807) is 0 Å². The zero-order valence-corrected chi connectivity index (χ0v) is 20.2. The van der Waals surface area contributed by atoms with Crippen molar-refractivity contribution in [2.24, 2.45) is 10.9 Å². The molecule has 1 saturated heterocycles. The van der Waals surface area contributed by atoms with Crippen LogP contribution in [0.25, 0.3) is 0 Å². The fourth-order valence-electron chi connectivity index (χ4n) is 3.48. The molecule has 1 aromatic carbocycles. The lowest BCUT2D eigenvalue weighted by Gasteiger charge is -2.34. The van der Waals surface area contributed by atoms with Gasteiger partial charge in [0.15, 0.2) is 5.96 Å². The van der Waals surface area contributed by atoms with Crippen molar-refractivity contribution in [1.82, 2.24) is 15.1 Å². The molecule has 0 aromatic heterocycles. The molecule has 0 spiro atoms. The van der Waals surface area contributed by atoms with E-state index >= 15 is 0 Å². The normalized spacial score (nSPS) is 18.8. The Hall–Kier alpha value is -0.900. The number of nitrogens with zero attached hydrogens (tertiary/aromatic N) is 3. The predicted molar refractivity (Wildman–Crippen MR) is 129 cm³/mol. The number of nitrogens with one attached hydrogen (secondary N) is 1. The maximum atomic E-state index is 5.80. The lowest BCUT2D eigenvalue weighted by Crippen LogP contribution is -2.43. The summed E-state index contributed by atoms with van der Waals surface area (Å²) < 4.78 is 11.4. The van der Waals surface area contributed by atoms with Crippen molar-refractivity contribution in [3.63, 3.8) is 0 Å². The van der Waals surface area contributed by atoms with Gasteiger partial charge >= 0.3 is 0 Å². The van der Waals surface area contributed by atoms with Gasteiger partial charge in [-0.3, -0.25) is 9.89 Å². The fourth-order valence-corrected chi connectivity index (χ4v) is 3.48. The van der Waals surface area contributed by atoms with Gasteiger partial charge in [-0.1, -0.05) is 30.3 Å². The van der Waals surface area contributed by atoms with E-state index in [0.717, 1.165) is 71.0 Å². The molecule has 2 aliphatic rings. The second-order valence-electron chi connectivity index (χ2n) is 7.71. The first-order valence-electron chi connectivity index (χ1n) is 10.7. The highest BCUT2D eigenvalue weighted by Crippen LogP contribution is 2.28. The van der Waals surface area contributed by atoms with Crippen molar-refractivity contribution in [1.29, 1.82) is 0 Å². The summed E-state index contributed by atoms with van der Waals surface area (Å²) >= 11 is 0. The van der Waals surface area contributed by atoms with Crippen LogP contribution in [0.3, 0.4) is 0 Å². The van der Waals surface area contributed by atoms with Crippen LogP contribution in [0.4, 0.5) is 0 Å². The van der Waals surface area contributed by atoms with Crippen LogP contribution < -0.4 is 5.32 Å².